The third-order valence-electron chi connectivity index (χ3n) is 3.69. The van der Waals surface area contributed by atoms with Crippen molar-refractivity contribution in [3.63, 3.8) is 0 Å². The molecular weight excluding hydrogens is 304 g/mol. The van der Waals surface area contributed by atoms with Crippen LogP contribution in [0, 0.1) is 6.92 Å². The van der Waals surface area contributed by atoms with Crippen LogP contribution in [0.25, 0.3) is 0 Å². The van der Waals surface area contributed by atoms with Crippen molar-refractivity contribution in [2.24, 2.45) is 0 Å². The largest absolute Gasteiger partial charge is 0.357 e. The van der Waals surface area contributed by atoms with Gasteiger partial charge in [-0.25, -0.2) is 4.98 Å². The number of carbonyl (C=O) groups excluding carboxylic acids is 3. The van der Waals surface area contributed by atoms with Crippen molar-refractivity contribution in [3.8, 4) is 0 Å². The molecule has 1 fully saturated rings. The average Bonchev–Trinajstić information content (AvgIpc) is 2.90. The Kier molecular flexibility index (Phi) is 5.12. The zero-order chi connectivity index (χ0) is 16.3. The van der Waals surface area contributed by atoms with Gasteiger partial charge in [-0.2, -0.15) is 0 Å². The first-order valence-electron chi connectivity index (χ1n) is 7.10. The molecule has 8 heteroatoms. The molecule has 7 nitrogen and oxygen atoms in total. The van der Waals surface area contributed by atoms with Crippen molar-refractivity contribution < 1.29 is 14.4 Å². The molecule has 0 aliphatic carbocycles. The van der Waals surface area contributed by atoms with E-state index in [4.69, 9.17) is 0 Å². The van der Waals surface area contributed by atoms with Crippen LogP contribution in [-0.4, -0.2) is 65.2 Å². The number of aromatic nitrogens is 1. The van der Waals surface area contributed by atoms with Crippen molar-refractivity contribution in [2.75, 3.05) is 26.7 Å². The molecule has 1 atom stereocenters. The fraction of sp³-hybridized carbons (Fsp3) is 0.571. The van der Waals surface area contributed by atoms with Crippen LogP contribution in [-0.2, 0) is 20.8 Å². The molecule has 1 aromatic heterocycles. The first-order chi connectivity index (χ1) is 10.4. The lowest BCUT2D eigenvalue weighted by atomic mass is 10.1. The van der Waals surface area contributed by atoms with E-state index in [9.17, 15) is 14.4 Å². The van der Waals surface area contributed by atoms with Gasteiger partial charge >= 0.3 is 0 Å². The van der Waals surface area contributed by atoms with Crippen LogP contribution in [0.5, 0.6) is 0 Å². The van der Waals surface area contributed by atoms with E-state index >= 15 is 0 Å². The molecule has 0 spiro atoms. The predicted molar refractivity (Wildman–Crippen MR) is 82.4 cm³/mol. The lowest BCUT2D eigenvalue weighted by molar-refractivity contribution is -0.146. The van der Waals surface area contributed by atoms with Gasteiger partial charge in [0.15, 0.2) is 0 Å². The van der Waals surface area contributed by atoms with Gasteiger partial charge in [-0.3, -0.25) is 14.4 Å². The Labute approximate surface area is 133 Å². The summed E-state index contributed by atoms with van der Waals surface area (Å²) in [6.07, 6.45) is 0.227. The first-order valence-corrected chi connectivity index (χ1v) is 7.98. The lowest BCUT2D eigenvalue weighted by Crippen LogP contribution is -2.61. The normalized spacial score (nSPS) is 18.2. The summed E-state index contributed by atoms with van der Waals surface area (Å²) in [5, 5.41) is 5.34. The number of carbonyl (C=O) groups is 3. The Morgan fingerprint density at radius 2 is 2.14 bits per heavy atom. The van der Waals surface area contributed by atoms with E-state index in [1.807, 2.05) is 12.3 Å². The van der Waals surface area contributed by atoms with Crippen LogP contribution in [0.15, 0.2) is 5.38 Å². The Hall–Kier alpha value is -1.96. The molecule has 1 N–H and O–H groups in total. The fourth-order valence-corrected chi connectivity index (χ4v) is 3.15. The molecule has 22 heavy (non-hydrogen) atoms. The Morgan fingerprint density at radius 1 is 1.41 bits per heavy atom. The van der Waals surface area contributed by atoms with Crippen LogP contribution < -0.4 is 5.32 Å². The summed E-state index contributed by atoms with van der Waals surface area (Å²) < 4.78 is 0. The summed E-state index contributed by atoms with van der Waals surface area (Å²) in [5.41, 5.74) is 0.748. The quantitative estimate of drug-likeness (QED) is 0.835. The van der Waals surface area contributed by atoms with E-state index in [2.05, 4.69) is 10.3 Å². The van der Waals surface area contributed by atoms with Crippen molar-refractivity contribution in [3.05, 3.63) is 16.1 Å². The monoisotopic (exact) mass is 324 g/mol. The highest BCUT2D eigenvalue weighted by Crippen LogP contribution is 2.14. The van der Waals surface area contributed by atoms with Gasteiger partial charge in [-0.05, 0) is 6.92 Å². The number of piperazine rings is 1. The van der Waals surface area contributed by atoms with E-state index in [1.165, 1.54) is 30.2 Å². The van der Waals surface area contributed by atoms with Crippen LogP contribution in [0.1, 0.15) is 17.6 Å². The molecule has 1 aliphatic heterocycles. The molecule has 1 saturated heterocycles. The summed E-state index contributed by atoms with van der Waals surface area (Å²) >= 11 is 1.51. The molecular formula is C14H20N4O3S. The van der Waals surface area contributed by atoms with Crippen molar-refractivity contribution in [1.82, 2.24) is 20.1 Å². The van der Waals surface area contributed by atoms with Gasteiger partial charge in [0, 0.05) is 32.4 Å². The maximum absolute atomic E-state index is 12.4. The minimum absolute atomic E-state index is 0.0672. The number of hydrogen-bond acceptors (Lipinski definition) is 5. The molecule has 0 saturated carbocycles. The number of nitrogens with one attached hydrogen (secondary N) is 1. The average molecular weight is 324 g/mol. The zero-order valence-electron chi connectivity index (χ0n) is 13.0. The Morgan fingerprint density at radius 3 is 2.68 bits per heavy atom. The van der Waals surface area contributed by atoms with Gasteiger partial charge in [0.2, 0.25) is 17.7 Å². The number of thiazole rings is 1. The van der Waals surface area contributed by atoms with Gasteiger partial charge in [0.1, 0.15) is 6.04 Å². The zero-order valence-corrected chi connectivity index (χ0v) is 13.8. The van der Waals surface area contributed by atoms with Gasteiger partial charge < -0.3 is 15.1 Å². The fourth-order valence-electron chi connectivity index (χ4n) is 2.53. The van der Waals surface area contributed by atoms with Gasteiger partial charge in [0.25, 0.3) is 0 Å². The Bertz CT molecular complexity index is 586. The molecule has 3 amide bonds. The number of rotatable bonds is 3. The molecule has 0 bridgehead atoms. The second-order valence-corrected chi connectivity index (χ2v) is 6.28. The first kappa shape index (κ1) is 16.4. The van der Waals surface area contributed by atoms with Crippen molar-refractivity contribution in [2.45, 2.75) is 26.3 Å². The van der Waals surface area contributed by atoms with Gasteiger partial charge in [0.05, 0.1) is 23.7 Å². The molecule has 1 aliphatic rings. The summed E-state index contributed by atoms with van der Waals surface area (Å²) in [5.74, 6) is -0.476. The third kappa shape index (κ3) is 3.62. The van der Waals surface area contributed by atoms with Gasteiger partial charge in [-0.1, -0.05) is 0 Å². The lowest BCUT2D eigenvalue weighted by Gasteiger charge is -2.39. The summed E-state index contributed by atoms with van der Waals surface area (Å²) in [4.78, 5) is 43.4. The highest BCUT2D eigenvalue weighted by Gasteiger charge is 2.35. The van der Waals surface area contributed by atoms with Crippen molar-refractivity contribution in [1.29, 1.82) is 0 Å². The second-order valence-electron chi connectivity index (χ2n) is 5.22. The third-order valence-corrected chi connectivity index (χ3v) is 4.51. The minimum atomic E-state index is -0.627. The Balaban J connectivity index is 2.05. The summed E-state index contributed by atoms with van der Waals surface area (Å²) in [7, 11) is 1.53. The standard InChI is InChI=1S/C14H20N4O3S/c1-9-16-11(8-22-9)6-13(20)17-4-5-18(10(2)19)12(7-17)14(21)15-3/h8,12H,4-7H2,1-3H3,(H,15,21)/t12-/m0/s1. The molecule has 2 rings (SSSR count). The van der Waals surface area contributed by atoms with Crippen LogP contribution in [0.2, 0.25) is 0 Å². The maximum Gasteiger partial charge on any atom is 0.244 e. The molecule has 120 valence electrons. The smallest absolute Gasteiger partial charge is 0.244 e. The van der Waals surface area contributed by atoms with E-state index < -0.39 is 6.04 Å². The maximum atomic E-state index is 12.4. The number of hydrogen-bond donors (Lipinski definition) is 1. The topological polar surface area (TPSA) is 82.6 Å². The molecule has 0 aromatic carbocycles. The van der Waals surface area contributed by atoms with Crippen molar-refractivity contribution >= 4 is 29.1 Å². The van der Waals surface area contributed by atoms with Crippen LogP contribution >= 0.6 is 11.3 Å². The molecule has 0 radical (unpaired) electrons. The number of amides is 3. The van der Waals surface area contributed by atoms with E-state index in [-0.39, 0.29) is 30.7 Å². The molecule has 2 heterocycles. The SMILES string of the molecule is CNC(=O)[C@@H]1CN(C(=O)Cc2csc(C)n2)CCN1C(C)=O. The van der Waals surface area contributed by atoms with Crippen LogP contribution in [0.4, 0.5) is 0 Å². The molecule has 0 unspecified atom stereocenters. The molecule has 1 aromatic rings. The van der Waals surface area contributed by atoms with E-state index in [0.717, 1.165) is 10.7 Å². The van der Waals surface area contributed by atoms with E-state index in [1.54, 1.807) is 4.90 Å². The number of likely N-dealkylation sites (N-methyl/N-ethyl adjacent to an activating group) is 1. The highest BCUT2D eigenvalue weighted by atomic mass is 32.1. The van der Waals surface area contributed by atoms with Gasteiger partial charge in [-0.15, -0.1) is 11.3 Å². The highest BCUT2D eigenvalue weighted by molar-refractivity contribution is 7.09. The minimum Gasteiger partial charge on any atom is -0.357 e. The second kappa shape index (κ2) is 6.87. The van der Waals surface area contributed by atoms with Crippen LogP contribution in [0.3, 0.4) is 0 Å². The number of aryl methyl sites for hydroxylation is 1. The van der Waals surface area contributed by atoms with E-state index in [0.29, 0.717) is 13.1 Å². The predicted octanol–water partition coefficient (Wildman–Crippen LogP) is -0.201. The summed E-state index contributed by atoms with van der Waals surface area (Å²) in [6, 6.07) is -0.627. The number of nitrogens with zero attached hydrogens (tertiary/aromatic N) is 3. The summed E-state index contributed by atoms with van der Waals surface area (Å²) in [6.45, 7) is 4.36.